The monoisotopic (exact) mass is 465 g/mol. The molecule has 5 heteroatoms. The summed E-state index contributed by atoms with van der Waals surface area (Å²) in [5.74, 6) is 0.207. The van der Waals surface area contributed by atoms with Crippen LogP contribution in [0.4, 0.5) is 17.1 Å². The average Bonchev–Trinajstić information content (AvgIpc) is 3.20. The van der Waals surface area contributed by atoms with Gasteiger partial charge in [-0.2, -0.15) is 0 Å². The highest BCUT2D eigenvalue weighted by atomic mass is 16.5. The second-order valence-electron chi connectivity index (χ2n) is 8.96. The minimum Gasteiger partial charge on any atom is -0.420 e. The van der Waals surface area contributed by atoms with E-state index in [1.165, 1.54) is 19.3 Å². The van der Waals surface area contributed by atoms with Crippen molar-refractivity contribution < 1.29 is 9.53 Å². The van der Waals surface area contributed by atoms with E-state index in [1.54, 1.807) is 4.90 Å². The highest BCUT2D eigenvalue weighted by molar-refractivity contribution is 6.11. The Balaban J connectivity index is 1.40. The molecular weight excluding hydrogens is 434 g/mol. The van der Waals surface area contributed by atoms with E-state index in [2.05, 4.69) is 41.3 Å². The van der Waals surface area contributed by atoms with Gasteiger partial charge in [0.15, 0.2) is 5.76 Å². The van der Waals surface area contributed by atoms with Gasteiger partial charge >= 0.3 is 6.02 Å². The molecule has 0 unspecified atom stereocenters. The molecule has 0 atom stereocenters. The van der Waals surface area contributed by atoms with Gasteiger partial charge < -0.3 is 9.64 Å². The largest absolute Gasteiger partial charge is 0.420 e. The minimum absolute atomic E-state index is 0.124. The second-order valence-corrected chi connectivity index (χ2v) is 8.96. The smallest absolute Gasteiger partial charge is 0.300 e. The van der Waals surface area contributed by atoms with E-state index in [0.29, 0.717) is 18.3 Å². The Morgan fingerprint density at radius 3 is 2.00 bits per heavy atom. The predicted molar refractivity (Wildman–Crippen MR) is 142 cm³/mol. The summed E-state index contributed by atoms with van der Waals surface area (Å²) in [5.41, 5.74) is 4.12. The zero-order chi connectivity index (χ0) is 24.0. The van der Waals surface area contributed by atoms with Crippen LogP contribution in [0.1, 0.15) is 44.6 Å². The number of hydrogen-bond acceptors (Lipinski definition) is 4. The summed E-state index contributed by atoms with van der Waals surface area (Å²) in [6, 6.07) is 29.5. The molecule has 0 aromatic heterocycles. The van der Waals surface area contributed by atoms with Gasteiger partial charge in [-0.05, 0) is 67.8 Å². The van der Waals surface area contributed by atoms with Crippen LogP contribution in [-0.4, -0.2) is 29.4 Å². The molecule has 1 amide bonds. The standard InChI is InChI=1S/C30H31N3O2/c1-2-32-29(34)28(35-30(32)31-24-12-6-3-7-13-24)22-23-18-20-27(21-19-23)33(25-14-8-4-9-15-25)26-16-10-5-11-17-26/h4-5,8-11,14-22,24H,2-3,6-7,12-13H2,1H3/b28-22+,31-30+. The van der Waals surface area contributed by atoms with Gasteiger partial charge in [-0.15, -0.1) is 0 Å². The Labute approximate surface area is 207 Å². The molecule has 0 bridgehead atoms. The van der Waals surface area contributed by atoms with Gasteiger partial charge in [0.1, 0.15) is 0 Å². The second kappa shape index (κ2) is 10.6. The fourth-order valence-electron chi connectivity index (χ4n) is 4.72. The van der Waals surface area contributed by atoms with Crippen LogP contribution in [0.25, 0.3) is 6.08 Å². The number of para-hydroxylation sites is 2. The lowest BCUT2D eigenvalue weighted by Crippen LogP contribution is -2.30. The van der Waals surface area contributed by atoms with Crippen molar-refractivity contribution in [2.45, 2.75) is 45.1 Å². The Kier molecular flexibility index (Phi) is 6.94. The molecule has 178 valence electrons. The lowest BCUT2D eigenvalue weighted by molar-refractivity contribution is -0.122. The van der Waals surface area contributed by atoms with Crippen LogP contribution in [0.2, 0.25) is 0 Å². The van der Waals surface area contributed by atoms with Crippen LogP contribution in [-0.2, 0) is 9.53 Å². The van der Waals surface area contributed by atoms with Gasteiger partial charge in [0.25, 0.3) is 5.91 Å². The molecule has 0 radical (unpaired) electrons. The van der Waals surface area contributed by atoms with E-state index in [4.69, 9.17) is 9.73 Å². The van der Waals surface area contributed by atoms with E-state index in [0.717, 1.165) is 35.5 Å². The molecule has 3 aromatic carbocycles. The number of nitrogens with zero attached hydrogens (tertiary/aromatic N) is 3. The van der Waals surface area contributed by atoms with Crippen molar-refractivity contribution >= 4 is 35.1 Å². The zero-order valence-corrected chi connectivity index (χ0v) is 20.1. The maximum absolute atomic E-state index is 13.0. The van der Waals surface area contributed by atoms with E-state index in [-0.39, 0.29) is 11.9 Å². The van der Waals surface area contributed by atoms with Crippen LogP contribution >= 0.6 is 0 Å². The summed E-state index contributed by atoms with van der Waals surface area (Å²) in [5, 5.41) is 0. The van der Waals surface area contributed by atoms with E-state index in [1.807, 2.05) is 61.5 Å². The molecule has 5 nitrogen and oxygen atoms in total. The number of carbonyl (C=O) groups excluding carboxylic acids is 1. The van der Waals surface area contributed by atoms with Crippen molar-refractivity contribution in [2.24, 2.45) is 4.99 Å². The van der Waals surface area contributed by atoms with Gasteiger partial charge in [-0.1, -0.05) is 67.8 Å². The fraction of sp³-hybridized carbons (Fsp3) is 0.267. The SMILES string of the molecule is CCN1C(=O)/C(=C\c2ccc(N(c3ccccc3)c3ccccc3)cc2)O/C1=N/C1CCCCC1. The number of amidine groups is 1. The molecule has 0 N–H and O–H groups in total. The molecule has 1 saturated carbocycles. The number of amides is 1. The highest BCUT2D eigenvalue weighted by Gasteiger charge is 2.34. The zero-order valence-electron chi connectivity index (χ0n) is 20.1. The lowest BCUT2D eigenvalue weighted by atomic mass is 9.96. The van der Waals surface area contributed by atoms with Crippen LogP contribution in [0.15, 0.2) is 95.7 Å². The molecule has 2 fully saturated rings. The van der Waals surface area contributed by atoms with Gasteiger partial charge in [-0.25, -0.2) is 4.99 Å². The third-order valence-electron chi connectivity index (χ3n) is 6.55. The molecule has 0 spiro atoms. The number of anilines is 3. The normalized spacial score (nSPS) is 18.8. The lowest BCUT2D eigenvalue weighted by Gasteiger charge is -2.25. The van der Waals surface area contributed by atoms with E-state index >= 15 is 0 Å². The first kappa shape index (κ1) is 22.9. The molecule has 5 rings (SSSR count). The van der Waals surface area contributed by atoms with Gasteiger partial charge in [0, 0.05) is 23.6 Å². The van der Waals surface area contributed by atoms with Gasteiger partial charge in [-0.3, -0.25) is 9.69 Å². The highest BCUT2D eigenvalue weighted by Crippen LogP contribution is 2.34. The molecule has 2 aliphatic rings. The first-order valence-electron chi connectivity index (χ1n) is 12.5. The molecule has 1 aliphatic carbocycles. The van der Waals surface area contributed by atoms with Crippen LogP contribution in [0.5, 0.6) is 0 Å². The maximum atomic E-state index is 13.0. The Hall–Kier alpha value is -3.86. The molecule has 35 heavy (non-hydrogen) atoms. The van der Waals surface area contributed by atoms with Crippen molar-refractivity contribution in [1.82, 2.24) is 4.90 Å². The number of likely N-dealkylation sites (N-methyl/N-ethyl adjacent to an activating group) is 1. The van der Waals surface area contributed by atoms with E-state index < -0.39 is 0 Å². The van der Waals surface area contributed by atoms with Crippen molar-refractivity contribution in [3.8, 4) is 0 Å². The first-order valence-corrected chi connectivity index (χ1v) is 12.5. The molecule has 1 aliphatic heterocycles. The summed E-state index contributed by atoms with van der Waals surface area (Å²) in [4.78, 5) is 21.6. The molecular formula is C30H31N3O2. The Morgan fingerprint density at radius 1 is 0.857 bits per heavy atom. The van der Waals surface area contributed by atoms with Crippen molar-refractivity contribution in [1.29, 1.82) is 0 Å². The maximum Gasteiger partial charge on any atom is 0.300 e. The van der Waals surface area contributed by atoms with Crippen LogP contribution in [0.3, 0.4) is 0 Å². The van der Waals surface area contributed by atoms with Crippen LogP contribution < -0.4 is 4.90 Å². The first-order chi connectivity index (χ1) is 17.2. The van der Waals surface area contributed by atoms with Crippen LogP contribution in [0, 0.1) is 0 Å². The summed E-state index contributed by atoms with van der Waals surface area (Å²) in [6.45, 7) is 2.50. The molecule has 3 aromatic rings. The van der Waals surface area contributed by atoms with Gasteiger partial charge in [0.05, 0.1) is 6.04 Å². The molecule has 1 saturated heterocycles. The van der Waals surface area contributed by atoms with Crippen molar-refractivity contribution in [3.05, 3.63) is 96.3 Å². The summed E-state index contributed by atoms with van der Waals surface area (Å²) in [7, 11) is 0. The number of ether oxygens (including phenoxy) is 1. The number of hydrogen-bond donors (Lipinski definition) is 0. The molecule has 1 heterocycles. The fourth-order valence-corrected chi connectivity index (χ4v) is 4.72. The van der Waals surface area contributed by atoms with Crippen molar-refractivity contribution in [2.75, 3.05) is 11.4 Å². The number of benzene rings is 3. The van der Waals surface area contributed by atoms with Gasteiger partial charge in [0.2, 0.25) is 0 Å². The summed E-state index contributed by atoms with van der Waals surface area (Å²) < 4.78 is 5.98. The quantitative estimate of drug-likeness (QED) is 0.366. The number of carbonyl (C=O) groups is 1. The third kappa shape index (κ3) is 5.14. The summed E-state index contributed by atoms with van der Waals surface area (Å²) in [6.07, 6.45) is 7.61. The minimum atomic E-state index is -0.124. The van der Waals surface area contributed by atoms with Crippen molar-refractivity contribution in [3.63, 3.8) is 0 Å². The Morgan fingerprint density at radius 2 is 1.43 bits per heavy atom. The number of aliphatic imine (C=N–C) groups is 1. The Bertz CT molecular complexity index is 1160. The topological polar surface area (TPSA) is 45.1 Å². The summed E-state index contributed by atoms with van der Waals surface area (Å²) >= 11 is 0. The number of rotatable bonds is 6. The average molecular weight is 466 g/mol. The van der Waals surface area contributed by atoms with E-state index in [9.17, 15) is 4.79 Å². The predicted octanol–water partition coefficient (Wildman–Crippen LogP) is 7.06. The third-order valence-corrected chi connectivity index (χ3v) is 6.55.